The minimum atomic E-state index is -4.48. The molecule has 2 aliphatic heterocycles. The maximum Gasteiger partial charge on any atom is 0.405 e. The number of pyridine rings is 1. The van der Waals surface area contributed by atoms with Crippen LogP contribution in [0.25, 0.3) is 0 Å². The SMILES string of the molecule is CC(C)(Oc1cc(Cl)ccc1Cl)C(=O)NC1C[C@H]2CC[C@@H](C1)N2c1ccc(C(=O)NCC(F)(F)F)cn1. The summed E-state index contributed by atoms with van der Waals surface area (Å²) < 4.78 is 43.0. The van der Waals surface area contributed by atoms with Gasteiger partial charge in [-0.3, -0.25) is 9.59 Å². The number of halogens is 5. The van der Waals surface area contributed by atoms with Crippen LogP contribution in [0.2, 0.25) is 10.0 Å². The normalized spacial score (nSPS) is 21.5. The zero-order chi connectivity index (χ0) is 27.0. The molecule has 3 atom stereocenters. The highest BCUT2D eigenvalue weighted by atomic mass is 35.5. The lowest BCUT2D eigenvalue weighted by Gasteiger charge is -2.40. The molecule has 0 saturated carbocycles. The van der Waals surface area contributed by atoms with Gasteiger partial charge in [-0.05, 0) is 63.8 Å². The molecule has 200 valence electrons. The topological polar surface area (TPSA) is 83.6 Å². The van der Waals surface area contributed by atoms with E-state index in [1.54, 1.807) is 38.1 Å². The lowest BCUT2D eigenvalue weighted by Crippen LogP contribution is -2.55. The van der Waals surface area contributed by atoms with Crippen molar-refractivity contribution in [2.45, 2.75) is 69.4 Å². The van der Waals surface area contributed by atoms with Gasteiger partial charge in [-0.25, -0.2) is 4.98 Å². The van der Waals surface area contributed by atoms with Gasteiger partial charge in [0, 0.05) is 35.4 Å². The molecule has 0 spiro atoms. The first kappa shape index (κ1) is 27.3. The Bertz CT molecular complexity index is 1150. The van der Waals surface area contributed by atoms with Crippen molar-refractivity contribution in [2.24, 2.45) is 0 Å². The molecule has 2 bridgehead atoms. The number of piperidine rings is 1. The van der Waals surface area contributed by atoms with Crippen LogP contribution in [-0.4, -0.2) is 53.2 Å². The fourth-order valence-corrected chi connectivity index (χ4v) is 5.18. The van der Waals surface area contributed by atoms with Gasteiger partial charge in [0.1, 0.15) is 18.1 Å². The van der Waals surface area contributed by atoms with Crippen LogP contribution in [-0.2, 0) is 4.79 Å². The smallest absolute Gasteiger partial charge is 0.405 e. The van der Waals surface area contributed by atoms with Crippen molar-refractivity contribution in [3.8, 4) is 5.75 Å². The summed E-state index contributed by atoms with van der Waals surface area (Å²) in [5, 5.41) is 5.75. The Kier molecular flexibility index (Phi) is 7.80. The summed E-state index contributed by atoms with van der Waals surface area (Å²) in [4.78, 5) is 31.6. The van der Waals surface area contributed by atoms with Gasteiger partial charge in [-0.1, -0.05) is 23.2 Å². The number of nitrogens with one attached hydrogen (secondary N) is 2. The molecule has 1 unspecified atom stereocenters. The van der Waals surface area contributed by atoms with E-state index in [1.165, 1.54) is 12.3 Å². The first-order valence-electron chi connectivity index (χ1n) is 11.9. The maximum absolute atomic E-state index is 13.1. The predicted molar refractivity (Wildman–Crippen MR) is 134 cm³/mol. The zero-order valence-electron chi connectivity index (χ0n) is 20.2. The van der Waals surface area contributed by atoms with Crippen molar-refractivity contribution < 1.29 is 27.5 Å². The molecule has 1 aromatic heterocycles. The van der Waals surface area contributed by atoms with Gasteiger partial charge >= 0.3 is 6.18 Å². The van der Waals surface area contributed by atoms with Crippen LogP contribution in [0.5, 0.6) is 5.75 Å². The summed E-state index contributed by atoms with van der Waals surface area (Å²) >= 11 is 12.2. The van der Waals surface area contributed by atoms with E-state index in [0.29, 0.717) is 34.5 Å². The minimum absolute atomic E-state index is 0.0598. The summed E-state index contributed by atoms with van der Waals surface area (Å²) in [7, 11) is 0. The van der Waals surface area contributed by atoms with Crippen LogP contribution in [0.3, 0.4) is 0 Å². The summed E-state index contributed by atoms with van der Waals surface area (Å²) in [6, 6.07) is 8.14. The maximum atomic E-state index is 13.1. The second-order valence-corrected chi connectivity index (χ2v) is 10.7. The van der Waals surface area contributed by atoms with E-state index in [4.69, 9.17) is 27.9 Å². The lowest BCUT2D eigenvalue weighted by molar-refractivity contribution is -0.135. The molecule has 0 aliphatic carbocycles. The van der Waals surface area contributed by atoms with Crippen LogP contribution in [0, 0.1) is 0 Å². The number of alkyl halides is 3. The zero-order valence-corrected chi connectivity index (χ0v) is 21.8. The lowest BCUT2D eigenvalue weighted by atomic mass is 9.96. The van der Waals surface area contributed by atoms with Gasteiger partial charge in [0.05, 0.1) is 10.6 Å². The molecule has 2 fully saturated rings. The van der Waals surface area contributed by atoms with Crippen LogP contribution in [0.1, 0.15) is 49.9 Å². The van der Waals surface area contributed by atoms with E-state index in [2.05, 4.69) is 15.2 Å². The van der Waals surface area contributed by atoms with Crippen molar-refractivity contribution in [2.75, 3.05) is 11.4 Å². The number of nitrogens with zero attached hydrogens (tertiary/aromatic N) is 2. The van der Waals surface area contributed by atoms with Crippen LogP contribution in [0.15, 0.2) is 36.5 Å². The third-order valence-corrected chi connectivity index (χ3v) is 7.14. The van der Waals surface area contributed by atoms with E-state index >= 15 is 0 Å². The number of carbonyl (C=O) groups is 2. The molecule has 12 heteroatoms. The second kappa shape index (κ2) is 10.6. The number of anilines is 1. The molecule has 2 aromatic rings. The molecule has 37 heavy (non-hydrogen) atoms. The molecular weight excluding hydrogens is 532 g/mol. The number of fused-ring (bicyclic) bond motifs is 2. The molecule has 3 heterocycles. The Hall–Kier alpha value is -2.72. The van der Waals surface area contributed by atoms with E-state index < -0.39 is 24.2 Å². The van der Waals surface area contributed by atoms with Crippen molar-refractivity contribution >= 4 is 40.8 Å². The first-order chi connectivity index (χ1) is 17.3. The Labute approximate surface area is 222 Å². The highest BCUT2D eigenvalue weighted by Crippen LogP contribution is 2.39. The minimum Gasteiger partial charge on any atom is -0.476 e. The van der Waals surface area contributed by atoms with Gasteiger partial charge < -0.3 is 20.3 Å². The number of rotatable bonds is 7. The number of carbonyl (C=O) groups excluding carboxylic acids is 2. The Balaban J connectivity index is 1.36. The highest BCUT2D eigenvalue weighted by Gasteiger charge is 2.43. The van der Waals surface area contributed by atoms with Crippen molar-refractivity contribution in [1.29, 1.82) is 0 Å². The third kappa shape index (κ3) is 6.59. The molecule has 2 amide bonds. The molecule has 7 nitrogen and oxygen atoms in total. The summed E-state index contributed by atoms with van der Waals surface area (Å²) in [6.07, 6.45) is 0.0490. The quantitative estimate of drug-likeness (QED) is 0.490. The summed E-state index contributed by atoms with van der Waals surface area (Å²) in [5.41, 5.74) is -1.13. The van der Waals surface area contributed by atoms with Gasteiger partial charge in [0.15, 0.2) is 5.60 Å². The van der Waals surface area contributed by atoms with Gasteiger partial charge in [-0.15, -0.1) is 0 Å². The van der Waals surface area contributed by atoms with Gasteiger partial charge in [0.2, 0.25) is 0 Å². The van der Waals surface area contributed by atoms with Gasteiger partial charge in [-0.2, -0.15) is 13.2 Å². The van der Waals surface area contributed by atoms with Crippen molar-refractivity contribution in [3.63, 3.8) is 0 Å². The van der Waals surface area contributed by atoms with Crippen LogP contribution >= 0.6 is 23.2 Å². The average Bonchev–Trinajstić information content (AvgIpc) is 3.09. The van der Waals surface area contributed by atoms with E-state index in [0.717, 1.165) is 12.8 Å². The summed E-state index contributed by atoms with van der Waals surface area (Å²) in [5.74, 6) is -0.117. The number of hydrogen-bond acceptors (Lipinski definition) is 5. The van der Waals surface area contributed by atoms with Crippen molar-refractivity contribution in [1.82, 2.24) is 15.6 Å². The number of benzene rings is 1. The largest absolute Gasteiger partial charge is 0.476 e. The average molecular weight is 559 g/mol. The summed E-state index contributed by atoms with van der Waals surface area (Å²) in [6.45, 7) is 1.93. The molecule has 2 saturated heterocycles. The molecular formula is C25H27Cl2F3N4O3. The van der Waals surface area contributed by atoms with E-state index in [9.17, 15) is 22.8 Å². The third-order valence-electron chi connectivity index (χ3n) is 6.60. The number of aromatic nitrogens is 1. The standard InChI is InChI=1S/C25H27Cl2F3N4O3/c1-24(2,37-20-9-15(26)4-7-19(20)27)23(36)33-16-10-17-5-6-18(11-16)34(17)21-8-3-14(12-31-21)22(35)32-13-25(28,29)30/h3-4,7-9,12,16-18H,5-6,10-11,13H2,1-2H3,(H,32,35)(H,33,36)/t16?,17-,18+. The predicted octanol–water partition coefficient (Wildman–Crippen LogP) is 5.15. The van der Waals surface area contributed by atoms with Gasteiger partial charge in [0.25, 0.3) is 11.8 Å². The second-order valence-electron chi connectivity index (χ2n) is 9.82. The van der Waals surface area contributed by atoms with E-state index in [1.807, 2.05) is 5.32 Å². The Morgan fingerprint density at radius 3 is 2.38 bits per heavy atom. The molecule has 1 aromatic carbocycles. The Morgan fingerprint density at radius 2 is 1.78 bits per heavy atom. The number of ether oxygens (including phenoxy) is 1. The van der Waals surface area contributed by atoms with Crippen molar-refractivity contribution in [3.05, 3.63) is 52.1 Å². The first-order valence-corrected chi connectivity index (χ1v) is 12.6. The van der Waals surface area contributed by atoms with Crippen LogP contribution < -0.4 is 20.3 Å². The Morgan fingerprint density at radius 1 is 1.11 bits per heavy atom. The molecule has 0 radical (unpaired) electrons. The van der Waals surface area contributed by atoms with E-state index in [-0.39, 0.29) is 29.6 Å². The van der Waals surface area contributed by atoms with Crippen LogP contribution in [0.4, 0.5) is 19.0 Å². The highest BCUT2D eigenvalue weighted by molar-refractivity contribution is 6.34. The molecule has 4 rings (SSSR count). The fraction of sp³-hybridized carbons (Fsp3) is 0.480. The number of amides is 2. The monoisotopic (exact) mass is 558 g/mol. The molecule has 2 aliphatic rings. The molecule has 2 N–H and O–H groups in total. The fourth-order valence-electron chi connectivity index (χ4n) is 4.86. The number of hydrogen-bond donors (Lipinski definition) is 2.